The van der Waals surface area contributed by atoms with E-state index in [1.165, 1.54) is 0 Å². The monoisotopic (exact) mass is 307 g/mol. The second-order valence-electron chi connectivity index (χ2n) is 5.22. The highest BCUT2D eigenvalue weighted by molar-refractivity contribution is 5.80. The largest absolute Gasteiger partial charge is 0.480 e. The molecule has 0 aromatic carbocycles. The second-order valence-corrected chi connectivity index (χ2v) is 5.22. The summed E-state index contributed by atoms with van der Waals surface area (Å²) in [6.45, 7) is 6.38. The highest BCUT2D eigenvalue weighted by atomic mass is 16.6. The normalized spacial score (nSPS) is 12.8. The van der Waals surface area contributed by atoms with Crippen LogP contribution in [0, 0.1) is 0 Å². The smallest absolute Gasteiger partial charge is 0.408 e. The van der Waals surface area contributed by atoms with Gasteiger partial charge in [-0.25, -0.2) is 9.59 Å². The van der Waals surface area contributed by atoms with E-state index in [2.05, 4.69) is 5.32 Å². The molecule has 0 aliphatic carbocycles. The summed E-state index contributed by atoms with van der Waals surface area (Å²) in [6, 6.07) is -1.17. The minimum atomic E-state index is -1.19. The maximum absolute atomic E-state index is 11.5. The maximum Gasteiger partial charge on any atom is 0.408 e. The highest BCUT2D eigenvalue weighted by Crippen LogP contribution is 2.06. The number of carbonyl (C=O) groups is 2. The number of ether oxygens (including phenoxy) is 4. The molecule has 0 saturated carbocycles. The zero-order valence-corrected chi connectivity index (χ0v) is 13.0. The maximum atomic E-state index is 11.5. The molecule has 1 atom stereocenters. The first-order valence-electron chi connectivity index (χ1n) is 6.63. The van der Waals surface area contributed by atoms with E-state index in [0.29, 0.717) is 19.8 Å². The van der Waals surface area contributed by atoms with Crippen molar-refractivity contribution in [1.82, 2.24) is 5.32 Å². The standard InChI is InChI=1S/C13H25NO7/c1-13(2,3)21-12(17)14-10(11(15)16)9-20-8-7-19-6-5-18-4/h10H,5-9H2,1-4H3,(H,14,17)(H,15,16)/t10-/m0/s1. The molecular weight excluding hydrogens is 282 g/mol. The molecule has 0 unspecified atom stereocenters. The van der Waals surface area contributed by atoms with Crippen molar-refractivity contribution in [3.63, 3.8) is 0 Å². The van der Waals surface area contributed by atoms with Gasteiger partial charge in [0.2, 0.25) is 0 Å². The third-order valence-electron chi connectivity index (χ3n) is 2.08. The molecular formula is C13H25NO7. The van der Waals surface area contributed by atoms with E-state index in [9.17, 15) is 9.59 Å². The van der Waals surface area contributed by atoms with Gasteiger partial charge >= 0.3 is 12.1 Å². The number of carboxylic acids is 1. The van der Waals surface area contributed by atoms with Crippen molar-refractivity contribution in [1.29, 1.82) is 0 Å². The Morgan fingerprint density at radius 3 is 2.19 bits per heavy atom. The van der Waals surface area contributed by atoms with E-state index in [-0.39, 0.29) is 13.2 Å². The number of aliphatic carboxylic acids is 1. The molecule has 0 rings (SSSR count). The van der Waals surface area contributed by atoms with Crippen LogP contribution in [-0.2, 0) is 23.7 Å². The van der Waals surface area contributed by atoms with Crippen molar-refractivity contribution in [2.24, 2.45) is 0 Å². The fraction of sp³-hybridized carbons (Fsp3) is 0.846. The topological polar surface area (TPSA) is 103 Å². The Bertz CT molecular complexity index is 314. The summed E-state index contributed by atoms with van der Waals surface area (Å²) in [5, 5.41) is 11.2. The molecule has 8 nitrogen and oxygen atoms in total. The molecule has 0 bridgehead atoms. The minimum absolute atomic E-state index is 0.164. The molecule has 0 aromatic heterocycles. The first-order chi connectivity index (χ1) is 9.76. The van der Waals surface area contributed by atoms with Crippen LogP contribution in [0.1, 0.15) is 20.8 Å². The van der Waals surface area contributed by atoms with Crippen LogP contribution in [0.25, 0.3) is 0 Å². The Hall–Kier alpha value is -1.38. The lowest BCUT2D eigenvalue weighted by Gasteiger charge is -2.22. The molecule has 0 radical (unpaired) electrons. The van der Waals surface area contributed by atoms with Gasteiger partial charge in [-0.3, -0.25) is 0 Å². The molecule has 0 fully saturated rings. The van der Waals surface area contributed by atoms with Crippen molar-refractivity contribution in [3.8, 4) is 0 Å². The summed E-state index contributed by atoms with van der Waals surface area (Å²) < 4.78 is 20.1. The predicted molar refractivity (Wildman–Crippen MR) is 74.3 cm³/mol. The number of rotatable bonds is 10. The van der Waals surface area contributed by atoms with Gasteiger partial charge in [0.05, 0.1) is 33.0 Å². The number of alkyl carbamates (subject to hydrolysis) is 1. The van der Waals surface area contributed by atoms with Crippen LogP contribution in [0.15, 0.2) is 0 Å². The second kappa shape index (κ2) is 10.4. The van der Waals surface area contributed by atoms with Crippen LogP contribution >= 0.6 is 0 Å². The first kappa shape index (κ1) is 19.6. The Morgan fingerprint density at radius 2 is 1.67 bits per heavy atom. The fourth-order valence-corrected chi connectivity index (χ4v) is 1.19. The van der Waals surface area contributed by atoms with E-state index >= 15 is 0 Å². The van der Waals surface area contributed by atoms with E-state index in [0.717, 1.165) is 0 Å². The van der Waals surface area contributed by atoms with Gasteiger partial charge in [-0.05, 0) is 20.8 Å². The third kappa shape index (κ3) is 12.1. The Balaban J connectivity index is 3.93. The molecule has 0 aliphatic heterocycles. The Kier molecular flexibility index (Phi) is 9.68. The number of nitrogens with one attached hydrogen (secondary N) is 1. The number of methoxy groups -OCH3 is 1. The van der Waals surface area contributed by atoms with Crippen LogP contribution in [0.2, 0.25) is 0 Å². The molecule has 124 valence electrons. The first-order valence-corrected chi connectivity index (χ1v) is 6.63. The molecule has 0 heterocycles. The SMILES string of the molecule is COCCOCCOC[C@H](NC(=O)OC(C)(C)C)C(=O)O. The Morgan fingerprint density at radius 1 is 1.10 bits per heavy atom. The summed E-state index contributed by atoms with van der Waals surface area (Å²) >= 11 is 0. The van der Waals surface area contributed by atoms with Crippen LogP contribution in [0.5, 0.6) is 0 Å². The summed E-state index contributed by atoms with van der Waals surface area (Å²) in [5.41, 5.74) is -0.691. The van der Waals surface area contributed by atoms with E-state index in [1.54, 1.807) is 27.9 Å². The van der Waals surface area contributed by atoms with Gasteiger partial charge in [0.25, 0.3) is 0 Å². The van der Waals surface area contributed by atoms with Crippen molar-refractivity contribution in [2.45, 2.75) is 32.4 Å². The van der Waals surface area contributed by atoms with E-state index < -0.39 is 23.7 Å². The lowest BCUT2D eigenvalue weighted by molar-refractivity contribution is -0.141. The lowest BCUT2D eigenvalue weighted by atomic mass is 10.2. The third-order valence-corrected chi connectivity index (χ3v) is 2.08. The van der Waals surface area contributed by atoms with Gasteiger partial charge in [-0.2, -0.15) is 0 Å². The van der Waals surface area contributed by atoms with Crippen molar-refractivity contribution in [3.05, 3.63) is 0 Å². The van der Waals surface area contributed by atoms with Crippen LogP contribution in [-0.4, -0.2) is 69.0 Å². The van der Waals surface area contributed by atoms with Crippen LogP contribution in [0.4, 0.5) is 4.79 Å². The van der Waals surface area contributed by atoms with Gasteiger partial charge in [-0.15, -0.1) is 0 Å². The van der Waals surface area contributed by atoms with Gasteiger partial charge in [0.1, 0.15) is 5.60 Å². The van der Waals surface area contributed by atoms with Crippen molar-refractivity contribution >= 4 is 12.1 Å². The average Bonchev–Trinajstić information content (AvgIpc) is 2.33. The molecule has 0 aliphatic rings. The molecule has 8 heteroatoms. The fourth-order valence-electron chi connectivity index (χ4n) is 1.19. The number of carboxylic acid groups (broad SMARTS) is 1. The van der Waals surface area contributed by atoms with Crippen molar-refractivity contribution in [2.75, 3.05) is 40.1 Å². The Labute approximate surface area is 124 Å². The van der Waals surface area contributed by atoms with Gasteiger partial charge in [0, 0.05) is 7.11 Å². The van der Waals surface area contributed by atoms with Crippen molar-refractivity contribution < 1.29 is 33.6 Å². The summed E-state index contributed by atoms with van der Waals surface area (Å²) in [7, 11) is 1.57. The molecule has 0 aromatic rings. The quantitative estimate of drug-likeness (QED) is 0.571. The van der Waals surface area contributed by atoms with E-state index in [1.807, 2.05) is 0 Å². The number of hydrogen-bond acceptors (Lipinski definition) is 6. The predicted octanol–water partition coefficient (Wildman–Crippen LogP) is 0.644. The molecule has 21 heavy (non-hydrogen) atoms. The number of amides is 1. The van der Waals surface area contributed by atoms with Gasteiger partial charge in [0.15, 0.2) is 6.04 Å². The summed E-state index contributed by atoms with van der Waals surface area (Å²) in [4.78, 5) is 22.5. The van der Waals surface area contributed by atoms with Crippen LogP contribution < -0.4 is 5.32 Å². The van der Waals surface area contributed by atoms with Crippen LogP contribution in [0.3, 0.4) is 0 Å². The average molecular weight is 307 g/mol. The number of carbonyl (C=O) groups excluding carboxylic acids is 1. The summed E-state index contributed by atoms with van der Waals surface area (Å²) in [5.74, 6) is -1.19. The molecule has 2 N–H and O–H groups in total. The molecule has 0 saturated heterocycles. The highest BCUT2D eigenvalue weighted by Gasteiger charge is 2.23. The van der Waals surface area contributed by atoms with E-state index in [4.69, 9.17) is 24.1 Å². The zero-order chi connectivity index (χ0) is 16.3. The zero-order valence-electron chi connectivity index (χ0n) is 13.0. The lowest BCUT2D eigenvalue weighted by Crippen LogP contribution is -2.46. The summed E-state index contributed by atoms with van der Waals surface area (Å²) in [6.07, 6.45) is -0.796. The number of hydrogen-bond donors (Lipinski definition) is 2. The molecule has 0 spiro atoms. The van der Waals surface area contributed by atoms with Gasteiger partial charge < -0.3 is 29.4 Å². The van der Waals surface area contributed by atoms with Gasteiger partial charge in [-0.1, -0.05) is 0 Å². The molecule has 1 amide bonds. The minimum Gasteiger partial charge on any atom is -0.480 e.